The van der Waals surface area contributed by atoms with E-state index in [0.717, 1.165) is 11.1 Å². The summed E-state index contributed by atoms with van der Waals surface area (Å²) in [5.74, 6) is -0.159. The lowest BCUT2D eigenvalue weighted by Gasteiger charge is -2.34. The number of ether oxygens (including phenoxy) is 1. The molecule has 1 aliphatic heterocycles. The average molecular weight is 370 g/mol. The van der Waals surface area contributed by atoms with Gasteiger partial charge in [-0.15, -0.1) is 0 Å². The van der Waals surface area contributed by atoms with Gasteiger partial charge >= 0.3 is 0 Å². The summed E-state index contributed by atoms with van der Waals surface area (Å²) in [6.45, 7) is 3.83. The predicted octanol–water partition coefficient (Wildman–Crippen LogP) is 2.43. The number of carbonyl (C=O) groups is 2. The summed E-state index contributed by atoms with van der Waals surface area (Å²) in [4.78, 5) is 28.2. The normalized spacial score (nSPS) is 14.1. The predicted molar refractivity (Wildman–Crippen MR) is 99.9 cm³/mol. The Morgan fingerprint density at radius 2 is 1.63 bits per heavy atom. The Morgan fingerprint density at radius 1 is 0.963 bits per heavy atom. The van der Waals surface area contributed by atoms with Gasteiger partial charge in [0.05, 0.1) is 6.42 Å². The van der Waals surface area contributed by atoms with Gasteiger partial charge < -0.3 is 14.5 Å². The summed E-state index contributed by atoms with van der Waals surface area (Å²) in [7, 11) is 0. The van der Waals surface area contributed by atoms with E-state index in [1.165, 1.54) is 18.2 Å². The fraction of sp³-hybridized carbons (Fsp3) is 0.333. The lowest BCUT2D eigenvalue weighted by Crippen LogP contribution is -2.52. The molecule has 3 rings (SSSR count). The van der Waals surface area contributed by atoms with E-state index in [0.29, 0.717) is 38.3 Å². The third-order valence-electron chi connectivity index (χ3n) is 4.75. The summed E-state index contributed by atoms with van der Waals surface area (Å²) in [5, 5.41) is 0. The van der Waals surface area contributed by atoms with E-state index in [-0.39, 0.29) is 18.4 Å². The van der Waals surface area contributed by atoms with E-state index in [1.807, 2.05) is 31.2 Å². The van der Waals surface area contributed by atoms with E-state index in [9.17, 15) is 14.0 Å². The van der Waals surface area contributed by atoms with Crippen LogP contribution in [0.15, 0.2) is 48.5 Å². The van der Waals surface area contributed by atoms with Gasteiger partial charge in [0.2, 0.25) is 5.91 Å². The van der Waals surface area contributed by atoms with Crippen molar-refractivity contribution in [2.75, 3.05) is 32.8 Å². The van der Waals surface area contributed by atoms with Crippen LogP contribution in [0, 0.1) is 12.7 Å². The third kappa shape index (κ3) is 5.06. The molecule has 6 heteroatoms. The van der Waals surface area contributed by atoms with Gasteiger partial charge in [-0.2, -0.15) is 0 Å². The topological polar surface area (TPSA) is 49.9 Å². The van der Waals surface area contributed by atoms with E-state index in [4.69, 9.17) is 4.74 Å². The molecule has 27 heavy (non-hydrogen) atoms. The Balaban J connectivity index is 1.46. The first-order valence-corrected chi connectivity index (χ1v) is 9.01. The fourth-order valence-electron chi connectivity index (χ4n) is 3.08. The van der Waals surface area contributed by atoms with Gasteiger partial charge in [0, 0.05) is 32.2 Å². The van der Waals surface area contributed by atoms with Crippen molar-refractivity contribution in [2.45, 2.75) is 13.3 Å². The summed E-state index contributed by atoms with van der Waals surface area (Å²) >= 11 is 0. The molecule has 5 nitrogen and oxygen atoms in total. The Kier molecular flexibility index (Phi) is 6.06. The van der Waals surface area contributed by atoms with Crippen molar-refractivity contribution in [3.05, 3.63) is 65.5 Å². The second kappa shape index (κ2) is 8.66. The molecular weight excluding hydrogens is 347 g/mol. The first-order chi connectivity index (χ1) is 13.0. The van der Waals surface area contributed by atoms with E-state index in [1.54, 1.807) is 15.9 Å². The number of amides is 2. The molecule has 0 radical (unpaired) electrons. The number of carbonyl (C=O) groups excluding carboxylic acids is 2. The number of benzene rings is 2. The van der Waals surface area contributed by atoms with Crippen molar-refractivity contribution in [3.8, 4) is 5.75 Å². The highest BCUT2D eigenvalue weighted by Gasteiger charge is 2.24. The Hall–Kier alpha value is -2.89. The highest BCUT2D eigenvalue weighted by molar-refractivity contribution is 5.80. The zero-order chi connectivity index (χ0) is 19.2. The van der Waals surface area contributed by atoms with E-state index < -0.39 is 5.82 Å². The summed E-state index contributed by atoms with van der Waals surface area (Å²) in [6.07, 6.45) is 0.378. The third-order valence-corrected chi connectivity index (χ3v) is 4.75. The number of hydrogen-bond acceptors (Lipinski definition) is 3. The second-order valence-corrected chi connectivity index (χ2v) is 6.61. The van der Waals surface area contributed by atoms with Crippen molar-refractivity contribution in [1.82, 2.24) is 9.80 Å². The molecule has 2 aromatic rings. The minimum absolute atomic E-state index is 0.0763. The standard InChI is InChI=1S/C21H23FN2O3/c1-16-5-2-3-6-17(16)13-20(25)23-9-11-24(12-10-23)21(26)15-27-19-8-4-7-18(22)14-19/h2-8,14H,9-13,15H2,1H3. The van der Waals surface area contributed by atoms with Crippen LogP contribution in [0.2, 0.25) is 0 Å². The smallest absolute Gasteiger partial charge is 0.260 e. The molecule has 1 saturated heterocycles. The highest BCUT2D eigenvalue weighted by atomic mass is 19.1. The molecule has 0 saturated carbocycles. The molecule has 1 fully saturated rings. The lowest BCUT2D eigenvalue weighted by atomic mass is 10.1. The molecule has 0 unspecified atom stereocenters. The molecule has 0 spiro atoms. The van der Waals surface area contributed by atoms with Crippen LogP contribution < -0.4 is 4.74 Å². The molecule has 2 amide bonds. The van der Waals surface area contributed by atoms with Crippen LogP contribution >= 0.6 is 0 Å². The molecule has 1 heterocycles. The van der Waals surface area contributed by atoms with Crippen LogP contribution in [-0.2, 0) is 16.0 Å². The average Bonchev–Trinajstić information content (AvgIpc) is 2.68. The molecule has 1 aliphatic rings. The van der Waals surface area contributed by atoms with Gasteiger partial charge in [-0.1, -0.05) is 30.3 Å². The van der Waals surface area contributed by atoms with Gasteiger partial charge in [-0.3, -0.25) is 9.59 Å². The number of rotatable bonds is 5. The SMILES string of the molecule is Cc1ccccc1CC(=O)N1CCN(C(=O)COc2cccc(F)c2)CC1. The quantitative estimate of drug-likeness (QED) is 0.812. The van der Waals surface area contributed by atoms with Gasteiger partial charge in [-0.25, -0.2) is 4.39 Å². The Morgan fingerprint density at radius 3 is 2.30 bits per heavy atom. The Labute approximate surface area is 158 Å². The molecule has 0 aromatic heterocycles. The molecule has 0 atom stereocenters. The highest BCUT2D eigenvalue weighted by Crippen LogP contribution is 2.13. The van der Waals surface area contributed by atoms with Crippen molar-refractivity contribution < 1.29 is 18.7 Å². The number of hydrogen-bond donors (Lipinski definition) is 0. The summed E-state index contributed by atoms with van der Waals surface area (Å²) in [6, 6.07) is 13.6. The number of piperazine rings is 1. The van der Waals surface area contributed by atoms with Crippen LogP contribution in [-0.4, -0.2) is 54.4 Å². The molecule has 0 N–H and O–H groups in total. The van der Waals surface area contributed by atoms with Crippen molar-refractivity contribution in [1.29, 1.82) is 0 Å². The monoisotopic (exact) mass is 370 g/mol. The van der Waals surface area contributed by atoms with E-state index in [2.05, 4.69) is 0 Å². The largest absolute Gasteiger partial charge is 0.484 e. The maximum absolute atomic E-state index is 13.1. The minimum atomic E-state index is -0.402. The molecule has 0 bridgehead atoms. The second-order valence-electron chi connectivity index (χ2n) is 6.61. The van der Waals surface area contributed by atoms with Gasteiger partial charge in [0.1, 0.15) is 11.6 Å². The van der Waals surface area contributed by atoms with Crippen molar-refractivity contribution in [3.63, 3.8) is 0 Å². The van der Waals surface area contributed by atoms with Crippen LogP contribution in [0.25, 0.3) is 0 Å². The molecule has 142 valence electrons. The minimum Gasteiger partial charge on any atom is -0.484 e. The van der Waals surface area contributed by atoms with Gasteiger partial charge in [-0.05, 0) is 30.2 Å². The van der Waals surface area contributed by atoms with Crippen LogP contribution in [0.5, 0.6) is 5.75 Å². The maximum Gasteiger partial charge on any atom is 0.260 e. The molecular formula is C21H23FN2O3. The summed E-state index contributed by atoms with van der Waals surface area (Å²) in [5.41, 5.74) is 2.14. The molecule has 0 aliphatic carbocycles. The molecule has 2 aromatic carbocycles. The Bertz CT molecular complexity index is 817. The first-order valence-electron chi connectivity index (χ1n) is 9.01. The van der Waals surface area contributed by atoms with Gasteiger partial charge in [0.15, 0.2) is 6.61 Å². The van der Waals surface area contributed by atoms with E-state index >= 15 is 0 Å². The summed E-state index contributed by atoms with van der Waals surface area (Å²) < 4.78 is 18.5. The number of aryl methyl sites for hydroxylation is 1. The zero-order valence-electron chi connectivity index (χ0n) is 15.4. The number of nitrogens with zero attached hydrogens (tertiary/aromatic N) is 2. The number of halogens is 1. The maximum atomic E-state index is 13.1. The lowest BCUT2D eigenvalue weighted by molar-refractivity contribution is -0.140. The van der Waals surface area contributed by atoms with Crippen LogP contribution in [0.3, 0.4) is 0 Å². The van der Waals surface area contributed by atoms with Crippen LogP contribution in [0.1, 0.15) is 11.1 Å². The fourth-order valence-corrected chi connectivity index (χ4v) is 3.08. The van der Waals surface area contributed by atoms with Crippen molar-refractivity contribution >= 4 is 11.8 Å². The first kappa shape index (κ1) is 18.9. The zero-order valence-corrected chi connectivity index (χ0v) is 15.4. The van der Waals surface area contributed by atoms with Crippen LogP contribution in [0.4, 0.5) is 4.39 Å². The van der Waals surface area contributed by atoms with Gasteiger partial charge in [0.25, 0.3) is 5.91 Å². The van der Waals surface area contributed by atoms with Crippen molar-refractivity contribution in [2.24, 2.45) is 0 Å².